The highest BCUT2D eigenvalue weighted by Crippen LogP contribution is 2.31. The number of nitrogen functional groups attached to an aromatic ring is 1. The Bertz CT molecular complexity index is 955. The van der Waals surface area contributed by atoms with Crippen LogP contribution in [0.2, 0.25) is 0 Å². The molecule has 0 bridgehead atoms. The number of nitrogens with one attached hydrogen (secondary N) is 1. The number of pyridine rings is 1. The predicted octanol–water partition coefficient (Wildman–Crippen LogP) is 2.36. The van der Waals surface area contributed by atoms with Crippen LogP contribution in [0.5, 0.6) is 0 Å². The Kier molecular flexibility index (Phi) is 3.76. The smallest absolute Gasteiger partial charge is 0.358 e. The fraction of sp³-hybridized carbons (Fsp3) is 0.133. The van der Waals surface area contributed by atoms with Gasteiger partial charge in [0.05, 0.1) is 12.8 Å². The number of methoxy groups -OCH3 is 1. The highest BCUT2D eigenvalue weighted by Gasteiger charge is 2.25. The van der Waals surface area contributed by atoms with Crippen LogP contribution in [0.1, 0.15) is 10.5 Å². The van der Waals surface area contributed by atoms with E-state index in [4.69, 9.17) is 5.73 Å². The average molecular weight is 333 g/mol. The molecule has 2 heterocycles. The molecular formula is C15H13F2N5O2. The number of nitrogens with two attached hydrogens (primary N) is 1. The number of aromatic nitrogens is 3. The van der Waals surface area contributed by atoms with Crippen LogP contribution >= 0.6 is 0 Å². The van der Waals surface area contributed by atoms with Gasteiger partial charge in [-0.2, -0.15) is 5.10 Å². The van der Waals surface area contributed by atoms with E-state index in [-0.39, 0.29) is 33.9 Å². The number of halogens is 2. The summed E-state index contributed by atoms with van der Waals surface area (Å²) in [5.41, 5.74) is 4.95. The number of para-hydroxylation sites is 1. The van der Waals surface area contributed by atoms with Crippen LogP contribution in [0.4, 0.5) is 26.0 Å². The third-order valence-corrected chi connectivity index (χ3v) is 3.47. The topological polar surface area (TPSA) is 95.1 Å². The van der Waals surface area contributed by atoms with E-state index in [1.807, 2.05) is 0 Å². The summed E-state index contributed by atoms with van der Waals surface area (Å²) in [4.78, 5) is 16.0. The minimum atomic E-state index is -0.891. The Labute approximate surface area is 135 Å². The zero-order chi connectivity index (χ0) is 17.4. The van der Waals surface area contributed by atoms with Crippen LogP contribution in [-0.2, 0) is 11.8 Å². The largest absolute Gasteiger partial charge is 0.464 e. The van der Waals surface area contributed by atoms with E-state index in [9.17, 15) is 13.6 Å². The summed E-state index contributed by atoms with van der Waals surface area (Å²) in [6, 6.07) is 5.64. The fourth-order valence-corrected chi connectivity index (χ4v) is 2.23. The van der Waals surface area contributed by atoms with Crippen molar-refractivity contribution in [1.29, 1.82) is 0 Å². The lowest BCUT2D eigenvalue weighted by molar-refractivity contribution is 0.0595. The van der Waals surface area contributed by atoms with E-state index in [2.05, 4.69) is 20.1 Å². The molecule has 2 aromatic heterocycles. The Hall–Kier alpha value is -3.23. The summed E-state index contributed by atoms with van der Waals surface area (Å²) >= 11 is 0. The number of aryl methyl sites for hydroxylation is 1. The maximum absolute atomic E-state index is 14.9. The first-order valence-electron chi connectivity index (χ1n) is 6.85. The van der Waals surface area contributed by atoms with Crippen LogP contribution in [-0.4, -0.2) is 27.8 Å². The summed E-state index contributed by atoms with van der Waals surface area (Å²) in [5.74, 6) is -2.30. The lowest BCUT2D eigenvalue weighted by Crippen LogP contribution is -2.11. The number of benzene rings is 1. The van der Waals surface area contributed by atoms with Crippen molar-refractivity contribution < 1.29 is 18.3 Å². The first-order valence-corrected chi connectivity index (χ1v) is 6.85. The molecule has 0 radical (unpaired) electrons. The summed E-state index contributed by atoms with van der Waals surface area (Å²) in [6.45, 7) is 0. The molecule has 3 aromatic rings. The Morgan fingerprint density at radius 2 is 2.00 bits per heavy atom. The minimum Gasteiger partial charge on any atom is -0.464 e. The standard InChI is InChI=1S/C15H13F2N5O2/c1-22-14(18)12-11(21-22)9(17)10(13(20-12)15(23)24-2)19-8-6-4-3-5-7(8)16/h3-6,19H,18H2,1-2H3. The average Bonchev–Trinajstić information content (AvgIpc) is 2.86. The Balaban J connectivity index is 2.26. The third-order valence-electron chi connectivity index (χ3n) is 3.47. The van der Waals surface area contributed by atoms with E-state index in [1.165, 1.54) is 29.9 Å². The molecule has 24 heavy (non-hydrogen) atoms. The lowest BCUT2D eigenvalue weighted by Gasteiger charge is -2.12. The maximum atomic E-state index is 14.9. The fourth-order valence-electron chi connectivity index (χ4n) is 2.23. The number of hydrogen-bond acceptors (Lipinski definition) is 6. The highest BCUT2D eigenvalue weighted by atomic mass is 19.1. The van der Waals surface area contributed by atoms with Gasteiger partial charge in [0.15, 0.2) is 17.0 Å². The van der Waals surface area contributed by atoms with Gasteiger partial charge in [0, 0.05) is 7.05 Å². The second-order valence-corrected chi connectivity index (χ2v) is 4.95. The molecule has 1 aromatic carbocycles. The minimum absolute atomic E-state index is 0.0217. The molecule has 0 amide bonds. The summed E-state index contributed by atoms with van der Waals surface area (Å²) in [6.07, 6.45) is 0. The number of fused-ring (bicyclic) bond motifs is 1. The van der Waals surface area contributed by atoms with E-state index in [0.29, 0.717) is 0 Å². The number of ether oxygens (including phenoxy) is 1. The second-order valence-electron chi connectivity index (χ2n) is 4.95. The molecule has 3 N–H and O–H groups in total. The monoisotopic (exact) mass is 333 g/mol. The van der Waals surface area contributed by atoms with Gasteiger partial charge in [0.1, 0.15) is 22.8 Å². The molecule has 0 unspecified atom stereocenters. The van der Waals surface area contributed by atoms with Crippen molar-refractivity contribution in [2.75, 3.05) is 18.2 Å². The summed E-state index contributed by atoms with van der Waals surface area (Å²) < 4.78 is 34.6. The molecule has 0 atom stereocenters. The molecule has 0 saturated heterocycles. The molecule has 7 nitrogen and oxygen atoms in total. The second kappa shape index (κ2) is 5.76. The van der Waals surface area contributed by atoms with Gasteiger partial charge in [0.25, 0.3) is 0 Å². The number of nitrogens with zero attached hydrogens (tertiary/aromatic N) is 3. The van der Waals surface area contributed by atoms with Gasteiger partial charge in [-0.25, -0.2) is 18.6 Å². The van der Waals surface area contributed by atoms with Crippen LogP contribution in [0.3, 0.4) is 0 Å². The molecule has 0 spiro atoms. The zero-order valence-electron chi connectivity index (χ0n) is 12.8. The van der Waals surface area contributed by atoms with Gasteiger partial charge in [-0.15, -0.1) is 0 Å². The van der Waals surface area contributed by atoms with E-state index < -0.39 is 17.6 Å². The number of rotatable bonds is 3. The molecule has 0 aliphatic carbocycles. The van der Waals surface area contributed by atoms with Crippen molar-refractivity contribution in [2.45, 2.75) is 0 Å². The van der Waals surface area contributed by atoms with Gasteiger partial charge in [-0.1, -0.05) is 12.1 Å². The summed E-state index contributed by atoms with van der Waals surface area (Å²) in [5, 5.41) is 6.47. The molecule has 9 heteroatoms. The van der Waals surface area contributed by atoms with Gasteiger partial charge < -0.3 is 15.8 Å². The Morgan fingerprint density at radius 1 is 1.29 bits per heavy atom. The normalized spacial score (nSPS) is 10.8. The zero-order valence-corrected chi connectivity index (χ0v) is 12.8. The van der Waals surface area contributed by atoms with Crippen LogP contribution in [0.15, 0.2) is 24.3 Å². The van der Waals surface area contributed by atoms with Crippen LogP contribution in [0, 0.1) is 11.6 Å². The summed E-state index contributed by atoms with van der Waals surface area (Å²) in [7, 11) is 2.64. The van der Waals surface area contributed by atoms with Gasteiger partial charge in [-0.05, 0) is 12.1 Å². The van der Waals surface area contributed by atoms with Crippen molar-refractivity contribution in [1.82, 2.24) is 14.8 Å². The maximum Gasteiger partial charge on any atom is 0.358 e. The quantitative estimate of drug-likeness (QED) is 0.715. The Morgan fingerprint density at radius 3 is 2.67 bits per heavy atom. The van der Waals surface area contributed by atoms with Crippen molar-refractivity contribution in [3.63, 3.8) is 0 Å². The molecule has 124 valence electrons. The third kappa shape index (κ3) is 2.39. The predicted molar refractivity (Wildman–Crippen MR) is 83.9 cm³/mol. The highest BCUT2D eigenvalue weighted by molar-refractivity contribution is 6.00. The first-order chi connectivity index (χ1) is 11.4. The first kappa shape index (κ1) is 15.7. The number of esters is 1. The molecule has 0 fully saturated rings. The van der Waals surface area contributed by atoms with Crippen molar-refractivity contribution in [3.8, 4) is 0 Å². The molecule has 3 rings (SSSR count). The van der Waals surface area contributed by atoms with Crippen LogP contribution in [0.25, 0.3) is 11.0 Å². The van der Waals surface area contributed by atoms with E-state index in [1.54, 1.807) is 6.07 Å². The van der Waals surface area contributed by atoms with E-state index >= 15 is 0 Å². The lowest BCUT2D eigenvalue weighted by atomic mass is 10.2. The number of carbonyl (C=O) groups is 1. The van der Waals surface area contributed by atoms with Gasteiger partial charge in [0.2, 0.25) is 0 Å². The number of carbonyl (C=O) groups excluding carboxylic acids is 1. The van der Waals surface area contributed by atoms with E-state index in [0.717, 1.165) is 7.11 Å². The molecular weight excluding hydrogens is 320 g/mol. The number of anilines is 3. The molecule has 0 saturated carbocycles. The molecule has 0 aliphatic heterocycles. The van der Waals surface area contributed by atoms with Gasteiger partial charge >= 0.3 is 5.97 Å². The van der Waals surface area contributed by atoms with Crippen LogP contribution < -0.4 is 11.1 Å². The number of hydrogen-bond donors (Lipinski definition) is 2. The molecule has 0 aliphatic rings. The SMILES string of the molecule is COC(=O)c1nc2c(N)n(C)nc2c(F)c1Nc1ccccc1F. The van der Waals surface area contributed by atoms with Gasteiger partial charge in [-0.3, -0.25) is 4.68 Å². The van der Waals surface area contributed by atoms with Crippen molar-refractivity contribution >= 4 is 34.2 Å². The van der Waals surface area contributed by atoms with Crippen molar-refractivity contribution in [2.24, 2.45) is 7.05 Å². The van der Waals surface area contributed by atoms with Crippen molar-refractivity contribution in [3.05, 3.63) is 41.6 Å².